The predicted molar refractivity (Wildman–Crippen MR) is 75.6 cm³/mol. The van der Waals surface area contributed by atoms with E-state index in [0.717, 1.165) is 29.3 Å². The van der Waals surface area contributed by atoms with E-state index in [1.807, 2.05) is 13.1 Å². The van der Waals surface area contributed by atoms with Crippen molar-refractivity contribution < 1.29 is 0 Å². The molecule has 2 aromatic heterocycles. The normalized spacial score (nSPS) is 12.9. The minimum Gasteiger partial charge on any atom is -0.340 e. The number of imidazole rings is 1. The number of nitrogens with zero attached hydrogens (tertiary/aromatic N) is 3. The molecule has 2 heterocycles. The summed E-state index contributed by atoms with van der Waals surface area (Å²) in [5, 5.41) is 0. The number of aromatic amines is 1. The molecule has 5 heteroatoms. The van der Waals surface area contributed by atoms with Crippen LogP contribution >= 0.6 is 0 Å². The van der Waals surface area contributed by atoms with Gasteiger partial charge in [-0.1, -0.05) is 13.8 Å². The van der Waals surface area contributed by atoms with Crippen molar-refractivity contribution in [1.29, 1.82) is 0 Å². The zero-order chi connectivity index (χ0) is 13.8. The highest BCUT2D eigenvalue weighted by Crippen LogP contribution is 2.23. The van der Waals surface area contributed by atoms with Crippen molar-refractivity contribution in [3.8, 4) is 11.4 Å². The van der Waals surface area contributed by atoms with Gasteiger partial charge in [0, 0.05) is 24.9 Å². The van der Waals surface area contributed by atoms with Crippen LogP contribution in [0.3, 0.4) is 0 Å². The highest BCUT2D eigenvalue weighted by molar-refractivity contribution is 5.55. The van der Waals surface area contributed by atoms with E-state index in [2.05, 4.69) is 33.8 Å². The van der Waals surface area contributed by atoms with Crippen LogP contribution in [-0.4, -0.2) is 26.5 Å². The van der Waals surface area contributed by atoms with E-state index >= 15 is 0 Å². The van der Waals surface area contributed by atoms with Crippen molar-refractivity contribution in [3.05, 3.63) is 30.1 Å². The van der Waals surface area contributed by atoms with Gasteiger partial charge in [-0.25, -0.2) is 4.98 Å². The molecule has 0 saturated heterocycles. The predicted octanol–water partition coefficient (Wildman–Crippen LogP) is 2.26. The molecule has 5 nitrogen and oxygen atoms in total. The van der Waals surface area contributed by atoms with E-state index in [9.17, 15) is 0 Å². The molecule has 0 radical (unpaired) electrons. The second kappa shape index (κ2) is 5.93. The molecule has 102 valence electrons. The number of hydrogen-bond acceptors (Lipinski definition) is 4. The minimum absolute atomic E-state index is 0.269. The van der Waals surface area contributed by atoms with Gasteiger partial charge in [-0.15, -0.1) is 0 Å². The van der Waals surface area contributed by atoms with Gasteiger partial charge >= 0.3 is 0 Å². The van der Waals surface area contributed by atoms with Crippen molar-refractivity contribution in [2.45, 2.75) is 33.1 Å². The van der Waals surface area contributed by atoms with Gasteiger partial charge < -0.3 is 10.7 Å². The topological polar surface area (TPSA) is 80.5 Å². The average Bonchev–Trinajstić information content (AvgIpc) is 2.85. The maximum absolute atomic E-state index is 5.84. The first-order valence-electron chi connectivity index (χ1n) is 6.64. The van der Waals surface area contributed by atoms with Crippen LogP contribution in [0.15, 0.2) is 18.6 Å². The summed E-state index contributed by atoms with van der Waals surface area (Å²) in [5.74, 6) is 1.81. The fraction of sp³-hybridized carbons (Fsp3) is 0.500. The lowest BCUT2D eigenvalue weighted by molar-refractivity contribution is 0.490. The Balaban J connectivity index is 2.26. The number of nitrogens with two attached hydrogens (primary N) is 1. The van der Waals surface area contributed by atoms with Crippen LogP contribution in [0.25, 0.3) is 11.4 Å². The molecule has 0 spiro atoms. The zero-order valence-corrected chi connectivity index (χ0v) is 11.7. The van der Waals surface area contributed by atoms with E-state index in [1.54, 1.807) is 12.4 Å². The Morgan fingerprint density at radius 2 is 1.95 bits per heavy atom. The molecular weight excluding hydrogens is 238 g/mol. The molecule has 0 aromatic carbocycles. The summed E-state index contributed by atoms with van der Waals surface area (Å²) in [4.78, 5) is 16.4. The van der Waals surface area contributed by atoms with Gasteiger partial charge in [0.2, 0.25) is 0 Å². The molecule has 0 fully saturated rings. The van der Waals surface area contributed by atoms with Gasteiger partial charge in [-0.2, -0.15) is 0 Å². The number of H-pyrrole nitrogens is 1. The zero-order valence-electron chi connectivity index (χ0n) is 11.7. The van der Waals surface area contributed by atoms with Gasteiger partial charge in [-0.05, 0) is 19.3 Å². The Kier molecular flexibility index (Phi) is 4.27. The molecule has 0 saturated carbocycles. The summed E-state index contributed by atoms with van der Waals surface area (Å²) in [7, 11) is 0. The molecule has 3 N–H and O–H groups in total. The Labute approximate surface area is 113 Å². The highest BCUT2D eigenvalue weighted by Gasteiger charge is 2.16. The third-order valence-corrected chi connectivity index (χ3v) is 3.16. The van der Waals surface area contributed by atoms with Crippen LogP contribution in [0.4, 0.5) is 0 Å². The second-order valence-corrected chi connectivity index (χ2v) is 5.23. The maximum atomic E-state index is 5.84. The summed E-state index contributed by atoms with van der Waals surface area (Å²) in [6.07, 6.45) is 6.23. The molecule has 2 aromatic rings. The summed E-state index contributed by atoms with van der Waals surface area (Å²) >= 11 is 0. The third kappa shape index (κ3) is 3.17. The smallest absolute Gasteiger partial charge is 0.110 e. The molecule has 19 heavy (non-hydrogen) atoms. The molecule has 2 rings (SSSR count). The molecule has 1 unspecified atom stereocenters. The molecule has 0 bridgehead atoms. The number of rotatable bonds is 5. The molecular formula is C14H21N5. The summed E-state index contributed by atoms with van der Waals surface area (Å²) in [6, 6.07) is 0. The van der Waals surface area contributed by atoms with E-state index in [4.69, 9.17) is 5.73 Å². The second-order valence-electron chi connectivity index (χ2n) is 5.23. The first kappa shape index (κ1) is 13.7. The van der Waals surface area contributed by atoms with E-state index < -0.39 is 0 Å². The molecule has 1 atom stereocenters. The number of aromatic nitrogens is 4. The maximum Gasteiger partial charge on any atom is 0.110 e. The molecule has 0 aliphatic heterocycles. The SMILES string of the molecule is Cc1nccnc1-c1cnc(C(CN)CC(C)C)[nH]1. The van der Waals surface area contributed by atoms with E-state index in [0.29, 0.717) is 12.5 Å². The molecule has 0 aliphatic rings. The largest absolute Gasteiger partial charge is 0.340 e. The summed E-state index contributed by atoms with van der Waals surface area (Å²) < 4.78 is 0. The first-order valence-corrected chi connectivity index (χ1v) is 6.64. The monoisotopic (exact) mass is 259 g/mol. The van der Waals surface area contributed by atoms with Crippen molar-refractivity contribution in [2.75, 3.05) is 6.54 Å². The summed E-state index contributed by atoms with van der Waals surface area (Å²) in [5.41, 5.74) is 8.49. The van der Waals surface area contributed by atoms with Crippen LogP contribution in [0, 0.1) is 12.8 Å². The highest BCUT2D eigenvalue weighted by atomic mass is 15.0. The Morgan fingerprint density at radius 3 is 2.58 bits per heavy atom. The number of nitrogens with one attached hydrogen (secondary N) is 1. The van der Waals surface area contributed by atoms with E-state index in [1.165, 1.54) is 0 Å². The van der Waals surface area contributed by atoms with Gasteiger partial charge in [0.1, 0.15) is 11.5 Å². The Bertz CT molecular complexity index is 532. The van der Waals surface area contributed by atoms with Gasteiger partial charge in [0.05, 0.1) is 17.6 Å². The van der Waals surface area contributed by atoms with Gasteiger partial charge in [0.15, 0.2) is 0 Å². The van der Waals surface area contributed by atoms with Crippen molar-refractivity contribution in [2.24, 2.45) is 11.7 Å². The Morgan fingerprint density at radius 1 is 1.21 bits per heavy atom. The minimum atomic E-state index is 0.269. The van der Waals surface area contributed by atoms with Crippen molar-refractivity contribution in [3.63, 3.8) is 0 Å². The van der Waals surface area contributed by atoms with Crippen LogP contribution in [0.1, 0.15) is 37.7 Å². The van der Waals surface area contributed by atoms with Crippen LogP contribution in [-0.2, 0) is 0 Å². The third-order valence-electron chi connectivity index (χ3n) is 3.16. The summed E-state index contributed by atoms with van der Waals surface area (Å²) in [6.45, 7) is 6.93. The first-order chi connectivity index (χ1) is 9.11. The Hall–Kier alpha value is -1.75. The van der Waals surface area contributed by atoms with Gasteiger partial charge in [0.25, 0.3) is 0 Å². The lowest BCUT2D eigenvalue weighted by Crippen LogP contribution is -2.16. The van der Waals surface area contributed by atoms with E-state index in [-0.39, 0.29) is 5.92 Å². The number of hydrogen-bond donors (Lipinski definition) is 2. The van der Waals surface area contributed by atoms with Crippen LogP contribution < -0.4 is 5.73 Å². The lowest BCUT2D eigenvalue weighted by Gasteiger charge is -2.14. The fourth-order valence-electron chi connectivity index (χ4n) is 2.22. The fourth-order valence-corrected chi connectivity index (χ4v) is 2.22. The van der Waals surface area contributed by atoms with Crippen LogP contribution in [0.2, 0.25) is 0 Å². The molecule has 0 amide bonds. The average molecular weight is 259 g/mol. The lowest BCUT2D eigenvalue weighted by atomic mass is 9.97. The molecule has 0 aliphatic carbocycles. The van der Waals surface area contributed by atoms with Crippen molar-refractivity contribution in [1.82, 2.24) is 19.9 Å². The van der Waals surface area contributed by atoms with Crippen molar-refractivity contribution >= 4 is 0 Å². The quantitative estimate of drug-likeness (QED) is 0.863. The number of aryl methyl sites for hydroxylation is 1. The van der Waals surface area contributed by atoms with Crippen LogP contribution in [0.5, 0.6) is 0 Å². The van der Waals surface area contributed by atoms with Gasteiger partial charge in [-0.3, -0.25) is 9.97 Å². The standard InChI is InChI=1S/C14H21N5/c1-9(2)6-11(7-15)14-18-8-12(19-14)13-10(3)16-4-5-17-13/h4-5,8-9,11H,6-7,15H2,1-3H3,(H,18,19).